The molecule has 1 aromatic heterocycles. The van der Waals surface area contributed by atoms with Gasteiger partial charge in [0.2, 0.25) is 5.88 Å². The van der Waals surface area contributed by atoms with Crippen molar-refractivity contribution in [2.75, 3.05) is 13.2 Å². The molecule has 0 saturated carbocycles. The number of benzene rings is 2. The largest absolute Gasteiger partial charge is 0.478 e. The first-order chi connectivity index (χ1) is 12.7. The van der Waals surface area contributed by atoms with E-state index in [1.807, 2.05) is 35.9 Å². The number of hydrogen-bond acceptors (Lipinski definition) is 3. The molecule has 0 radical (unpaired) electrons. The summed E-state index contributed by atoms with van der Waals surface area (Å²) < 4.78 is 7.91. The molecule has 3 aromatic rings. The van der Waals surface area contributed by atoms with E-state index in [4.69, 9.17) is 21.4 Å². The monoisotopic (exact) mass is 367 g/mol. The van der Waals surface area contributed by atoms with E-state index in [1.165, 1.54) is 11.1 Å². The summed E-state index contributed by atoms with van der Waals surface area (Å²) in [5, 5.41) is 5.55. The second kappa shape index (κ2) is 7.52. The van der Waals surface area contributed by atoms with Gasteiger partial charge in [0.1, 0.15) is 0 Å². The Balaban J connectivity index is 1.64. The maximum Gasteiger partial charge on any atom is 0.221 e. The molecule has 0 N–H and O–H groups in total. The standard InChI is InChI=1S/C21H22ClN3O/c1-2-26-21-19-15-24(14-16-6-4-3-5-7-16)13-12-20(19)23-25(21)18-10-8-17(22)9-11-18/h3-11H,2,12-15H2,1H3. The van der Waals surface area contributed by atoms with Gasteiger partial charge in [0.25, 0.3) is 0 Å². The van der Waals surface area contributed by atoms with Gasteiger partial charge >= 0.3 is 0 Å². The fourth-order valence-corrected chi connectivity index (χ4v) is 3.55. The van der Waals surface area contributed by atoms with E-state index >= 15 is 0 Å². The molecular weight excluding hydrogens is 346 g/mol. The Morgan fingerprint density at radius 1 is 1.08 bits per heavy atom. The molecule has 0 unspecified atom stereocenters. The van der Waals surface area contributed by atoms with Gasteiger partial charge in [0.15, 0.2) is 0 Å². The molecule has 0 bridgehead atoms. The summed E-state index contributed by atoms with van der Waals surface area (Å²) in [6.45, 7) is 5.43. The summed E-state index contributed by atoms with van der Waals surface area (Å²) in [6, 6.07) is 18.3. The molecule has 0 fully saturated rings. The van der Waals surface area contributed by atoms with E-state index in [1.54, 1.807) is 0 Å². The number of rotatable bonds is 5. The Morgan fingerprint density at radius 3 is 2.58 bits per heavy atom. The molecule has 134 valence electrons. The number of halogens is 1. The number of hydrogen-bond donors (Lipinski definition) is 0. The van der Waals surface area contributed by atoms with Crippen molar-refractivity contribution in [3.05, 3.63) is 76.4 Å². The van der Waals surface area contributed by atoms with Crippen molar-refractivity contribution < 1.29 is 4.74 Å². The van der Waals surface area contributed by atoms with Crippen LogP contribution in [-0.4, -0.2) is 27.8 Å². The first-order valence-electron chi connectivity index (χ1n) is 9.00. The minimum absolute atomic E-state index is 0.615. The minimum atomic E-state index is 0.615. The third-order valence-corrected chi connectivity index (χ3v) is 4.92. The van der Waals surface area contributed by atoms with E-state index in [-0.39, 0.29) is 0 Å². The molecule has 1 aliphatic heterocycles. The lowest BCUT2D eigenvalue weighted by molar-refractivity contribution is 0.236. The van der Waals surface area contributed by atoms with Gasteiger partial charge < -0.3 is 4.74 Å². The van der Waals surface area contributed by atoms with Crippen molar-refractivity contribution >= 4 is 11.6 Å². The highest BCUT2D eigenvalue weighted by atomic mass is 35.5. The van der Waals surface area contributed by atoms with Crippen LogP contribution in [0.25, 0.3) is 5.69 Å². The normalized spacial score (nSPS) is 14.2. The Morgan fingerprint density at radius 2 is 1.85 bits per heavy atom. The number of aromatic nitrogens is 2. The lowest BCUT2D eigenvalue weighted by Crippen LogP contribution is -2.29. The molecule has 0 atom stereocenters. The van der Waals surface area contributed by atoms with Crippen molar-refractivity contribution in [2.24, 2.45) is 0 Å². The lowest BCUT2D eigenvalue weighted by Gasteiger charge is -2.26. The first-order valence-corrected chi connectivity index (χ1v) is 9.38. The third kappa shape index (κ3) is 3.48. The summed E-state index contributed by atoms with van der Waals surface area (Å²) in [5.41, 5.74) is 4.64. The zero-order chi connectivity index (χ0) is 17.9. The van der Waals surface area contributed by atoms with E-state index in [0.717, 1.165) is 48.3 Å². The van der Waals surface area contributed by atoms with Crippen LogP contribution in [0.5, 0.6) is 5.88 Å². The van der Waals surface area contributed by atoms with Gasteiger partial charge in [0, 0.05) is 31.1 Å². The molecule has 4 rings (SSSR count). The highest BCUT2D eigenvalue weighted by Crippen LogP contribution is 2.31. The van der Waals surface area contributed by atoms with Crippen molar-refractivity contribution in [3.8, 4) is 11.6 Å². The summed E-state index contributed by atoms with van der Waals surface area (Å²) in [7, 11) is 0. The maximum absolute atomic E-state index is 6.03. The molecule has 0 spiro atoms. The van der Waals surface area contributed by atoms with Gasteiger partial charge in [-0.25, -0.2) is 4.68 Å². The smallest absolute Gasteiger partial charge is 0.221 e. The zero-order valence-corrected chi connectivity index (χ0v) is 15.6. The molecule has 2 heterocycles. The molecule has 0 saturated heterocycles. The van der Waals surface area contributed by atoms with Crippen LogP contribution in [-0.2, 0) is 19.5 Å². The molecule has 2 aromatic carbocycles. The van der Waals surface area contributed by atoms with E-state index in [9.17, 15) is 0 Å². The van der Waals surface area contributed by atoms with Gasteiger partial charge in [0.05, 0.1) is 23.6 Å². The Kier molecular flexibility index (Phi) is 4.96. The van der Waals surface area contributed by atoms with Crippen LogP contribution in [0.2, 0.25) is 5.02 Å². The zero-order valence-electron chi connectivity index (χ0n) is 14.9. The van der Waals surface area contributed by atoms with Crippen LogP contribution in [0.1, 0.15) is 23.7 Å². The van der Waals surface area contributed by atoms with Crippen LogP contribution in [0, 0.1) is 0 Å². The van der Waals surface area contributed by atoms with Crippen LogP contribution in [0.15, 0.2) is 54.6 Å². The van der Waals surface area contributed by atoms with Gasteiger partial charge in [-0.15, -0.1) is 0 Å². The van der Waals surface area contributed by atoms with Crippen molar-refractivity contribution in [2.45, 2.75) is 26.4 Å². The fourth-order valence-electron chi connectivity index (χ4n) is 3.42. The third-order valence-electron chi connectivity index (χ3n) is 4.67. The number of fused-ring (bicyclic) bond motifs is 1. The van der Waals surface area contributed by atoms with Crippen molar-refractivity contribution in [3.63, 3.8) is 0 Å². The summed E-state index contributed by atoms with van der Waals surface area (Å²) in [6.07, 6.45) is 0.933. The molecule has 26 heavy (non-hydrogen) atoms. The molecule has 5 heteroatoms. The molecular formula is C21H22ClN3O. The first kappa shape index (κ1) is 17.1. The lowest BCUT2D eigenvalue weighted by atomic mass is 10.1. The van der Waals surface area contributed by atoms with E-state index < -0.39 is 0 Å². The molecule has 0 aliphatic carbocycles. The quantitative estimate of drug-likeness (QED) is 0.666. The molecule has 4 nitrogen and oxygen atoms in total. The average Bonchev–Trinajstić information content (AvgIpc) is 3.02. The predicted molar refractivity (Wildman–Crippen MR) is 104 cm³/mol. The number of ether oxygens (including phenoxy) is 1. The Hall–Kier alpha value is -2.30. The maximum atomic E-state index is 6.03. The van der Waals surface area contributed by atoms with E-state index in [0.29, 0.717) is 6.61 Å². The summed E-state index contributed by atoms with van der Waals surface area (Å²) in [5.74, 6) is 0.850. The second-order valence-corrected chi connectivity index (χ2v) is 6.93. The predicted octanol–water partition coefficient (Wildman–Crippen LogP) is 4.48. The topological polar surface area (TPSA) is 30.3 Å². The second-order valence-electron chi connectivity index (χ2n) is 6.50. The summed E-state index contributed by atoms with van der Waals surface area (Å²) >= 11 is 6.03. The van der Waals surface area contributed by atoms with Crippen molar-refractivity contribution in [1.82, 2.24) is 14.7 Å². The van der Waals surface area contributed by atoms with Gasteiger partial charge in [-0.3, -0.25) is 4.90 Å². The van der Waals surface area contributed by atoms with Gasteiger partial charge in [-0.05, 0) is 36.8 Å². The highest BCUT2D eigenvalue weighted by Gasteiger charge is 2.26. The van der Waals surface area contributed by atoms with Crippen molar-refractivity contribution in [1.29, 1.82) is 0 Å². The minimum Gasteiger partial charge on any atom is -0.478 e. The molecule has 0 amide bonds. The highest BCUT2D eigenvalue weighted by molar-refractivity contribution is 6.30. The van der Waals surface area contributed by atoms with Gasteiger partial charge in [-0.1, -0.05) is 41.9 Å². The van der Waals surface area contributed by atoms with E-state index in [2.05, 4.69) is 35.2 Å². The summed E-state index contributed by atoms with van der Waals surface area (Å²) in [4.78, 5) is 2.45. The van der Waals surface area contributed by atoms with Crippen LogP contribution in [0.3, 0.4) is 0 Å². The van der Waals surface area contributed by atoms with Crippen LogP contribution >= 0.6 is 11.6 Å². The Labute approximate surface area is 159 Å². The van der Waals surface area contributed by atoms with Gasteiger partial charge in [-0.2, -0.15) is 5.10 Å². The van der Waals surface area contributed by atoms with Crippen LogP contribution < -0.4 is 4.74 Å². The fraction of sp³-hybridized carbons (Fsp3) is 0.286. The SMILES string of the molecule is CCOc1c2c(nn1-c1ccc(Cl)cc1)CCN(Cc1ccccc1)C2. The average molecular weight is 368 g/mol. The number of nitrogens with zero attached hydrogens (tertiary/aromatic N) is 3. The Bertz CT molecular complexity index is 874. The van der Waals surface area contributed by atoms with Crippen LogP contribution in [0.4, 0.5) is 0 Å². The molecule has 1 aliphatic rings.